The molecule has 0 bridgehead atoms. The van der Waals surface area contributed by atoms with Gasteiger partial charge in [-0.15, -0.1) is 0 Å². The fourth-order valence-electron chi connectivity index (χ4n) is 3.92. The number of carbonyl (C=O) groups excluding carboxylic acids is 1. The van der Waals surface area contributed by atoms with Gasteiger partial charge in [0.1, 0.15) is 0 Å². The summed E-state index contributed by atoms with van der Waals surface area (Å²) >= 11 is 0. The van der Waals surface area contributed by atoms with Gasteiger partial charge in [-0.25, -0.2) is 4.68 Å². The van der Waals surface area contributed by atoms with Gasteiger partial charge in [0.2, 0.25) is 0 Å². The number of carbonyl (C=O) groups is 1. The molecule has 6 heteroatoms. The van der Waals surface area contributed by atoms with Crippen LogP contribution in [0.3, 0.4) is 0 Å². The van der Waals surface area contributed by atoms with E-state index in [0.717, 1.165) is 12.8 Å². The number of fused-ring (bicyclic) bond motifs is 2. The van der Waals surface area contributed by atoms with Crippen LogP contribution in [0.2, 0.25) is 0 Å². The van der Waals surface area contributed by atoms with Gasteiger partial charge in [0.05, 0.1) is 12.1 Å². The van der Waals surface area contributed by atoms with Crippen LogP contribution in [0.1, 0.15) is 34.1 Å². The molecule has 1 amide bonds. The van der Waals surface area contributed by atoms with Crippen molar-refractivity contribution in [1.82, 2.24) is 20.0 Å². The van der Waals surface area contributed by atoms with E-state index >= 15 is 0 Å². The van der Waals surface area contributed by atoms with E-state index in [0.29, 0.717) is 17.4 Å². The monoisotopic (exact) mass is 362 g/mol. The maximum absolute atomic E-state index is 12.9. The minimum atomic E-state index is -0.297. The lowest BCUT2D eigenvalue weighted by Gasteiger charge is -2.25. The molecule has 0 radical (unpaired) electrons. The molecule has 4 rings (SSSR count). The van der Waals surface area contributed by atoms with Crippen molar-refractivity contribution in [3.05, 3.63) is 75.7 Å². The summed E-state index contributed by atoms with van der Waals surface area (Å²) in [5.41, 5.74) is 2.75. The number of hydrogen-bond donors (Lipinski definition) is 1. The van der Waals surface area contributed by atoms with Crippen molar-refractivity contribution < 1.29 is 4.79 Å². The lowest BCUT2D eigenvalue weighted by molar-refractivity contribution is 0.0955. The number of aryl methyl sites for hydroxylation is 1. The number of benzene rings is 2. The van der Waals surface area contributed by atoms with Crippen molar-refractivity contribution in [2.75, 3.05) is 14.1 Å². The highest BCUT2D eigenvalue weighted by Crippen LogP contribution is 2.34. The smallest absolute Gasteiger partial charge is 0.275 e. The minimum absolute atomic E-state index is 0.184. The van der Waals surface area contributed by atoms with Gasteiger partial charge in [-0.1, -0.05) is 42.5 Å². The Hall–Kier alpha value is -2.99. The molecule has 1 heterocycles. The summed E-state index contributed by atoms with van der Waals surface area (Å²) in [5, 5.41) is 8.08. The summed E-state index contributed by atoms with van der Waals surface area (Å²) < 4.78 is 1.40. The molecule has 0 fully saturated rings. The first kappa shape index (κ1) is 17.4. The second kappa shape index (κ2) is 6.96. The van der Waals surface area contributed by atoms with Gasteiger partial charge in [0.25, 0.3) is 11.5 Å². The first-order chi connectivity index (χ1) is 13.1. The topological polar surface area (TPSA) is 67.2 Å². The average Bonchev–Trinajstić information content (AvgIpc) is 3.14. The Kier molecular flexibility index (Phi) is 4.49. The average molecular weight is 362 g/mol. The molecule has 27 heavy (non-hydrogen) atoms. The van der Waals surface area contributed by atoms with Crippen LogP contribution in [0.5, 0.6) is 0 Å². The third-order valence-corrected chi connectivity index (χ3v) is 5.30. The molecule has 3 aromatic rings. The van der Waals surface area contributed by atoms with Gasteiger partial charge in [0, 0.05) is 18.5 Å². The SMILES string of the molecule is CNC(=O)c1nn(CN(C)C2CCc3ccccc32)c(=O)c2ccccc12. The Balaban J connectivity index is 1.73. The van der Waals surface area contributed by atoms with Crippen molar-refractivity contribution in [3.63, 3.8) is 0 Å². The molecule has 6 nitrogen and oxygen atoms in total. The second-order valence-corrected chi connectivity index (χ2v) is 6.93. The van der Waals surface area contributed by atoms with Gasteiger partial charge >= 0.3 is 0 Å². The van der Waals surface area contributed by atoms with Crippen LogP contribution in [0.15, 0.2) is 53.3 Å². The molecule has 1 aliphatic carbocycles. The van der Waals surface area contributed by atoms with Crippen LogP contribution in [0, 0.1) is 0 Å². The molecule has 2 aromatic carbocycles. The predicted octanol–water partition coefficient (Wildman–Crippen LogP) is 2.33. The maximum atomic E-state index is 12.9. The van der Waals surface area contributed by atoms with Crippen LogP contribution in [0.4, 0.5) is 0 Å². The molecule has 0 aliphatic heterocycles. The summed E-state index contributed by atoms with van der Waals surface area (Å²) in [4.78, 5) is 27.4. The number of hydrogen-bond acceptors (Lipinski definition) is 4. The molecule has 138 valence electrons. The van der Waals surface area contributed by atoms with Crippen molar-refractivity contribution in [2.24, 2.45) is 0 Å². The highest BCUT2D eigenvalue weighted by atomic mass is 16.2. The summed E-state index contributed by atoms with van der Waals surface area (Å²) in [6.07, 6.45) is 2.05. The molecule has 1 aromatic heterocycles. The normalized spacial score (nSPS) is 15.9. The fraction of sp³-hybridized carbons (Fsp3) is 0.286. The van der Waals surface area contributed by atoms with E-state index < -0.39 is 0 Å². The molecule has 1 N–H and O–H groups in total. The number of amides is 1. The van der Waals surface area contributed by atoms with E-state index in [4.69, 9.17) is 0 Å². The lowest BCUT2D eigenvalue weighted by atomic mass is 10.1. The van der Waals surface area contributed by atoms with Crippen molar-refractivity contribution >= 4 is 16.7 Å². The van der Waals surface area contributed by atoms with E-state index in [1.165, 1.54) is 15.8 Å². The quantitative estimate of drug-likeness (QED) is 0.774. The number of aromatic nitrogens is 2. The summed E-state index contributed by atoms with van der Waals surface area (Å²) in [6.45, 7) is 0.326. The standard InChI is InChI=1S/C21H22N4O2/c1-22-20(26)19-16-9-5-6-10-17(16)21(27)25(23-19)13-24(2)18-12-11-14-7-3-4-8-15(14)18/h3-10,18H,11-13H2,1-2H3,(H,22,26). The van der Waals surface area contributed by atoms with E-state index in [-0.39, 0.29) is 23.2 Å². The summed E-state index contributed by atoms with van der Waals surface area (Å²) in [6, 6.07) is 15.8. The molecule has 0 spiro atoms. The highest BCUT2D eigenvalue weighted by molar-refractivity contribution is 6.04. The van der Waals surface area contributed by atoms with Crippen LogP contribution in [-0.4, -0.2) is 34.7 Å². The summed E-state index contributed by atoms with van der Waals surface area (Å²) in [7, 11) is 3.56. The van der Waals surface area contributed by atoms with Crippen molar-refractivity contribution in [3.8, 4) is 0 Å². The minimum Gasteiger partial charge on any atom is -0.354 e. The second-order valence-electron chi connectivity index (χ2n) is 6.93. The zero-order valence-corrected chi connectivity index (χ0v) is 15.5. The number of nitrogens with zero attached hydrogens (tertiary/aromatic N) is 3. The van der Waals surface area contributed by atoms with Crippen molar-refractivity contribution in [2.45, 2.75) is 25.6 Å². The highest BCUT2D eigenvalue weighted by Gasteiger charge is 2.26. The predicted molar refractivity (Wildman–Crippen MR) is 105 cm³/mol. The van der Waals surface area contributed by atoms with Crippen LogP contribution in [0.25, 0.3) is 10.8 Å². The zero-order chi connectivity index (χ0) is 19.0. The third kappa shape index (κ3) is 3.02. The molecular weight excluding hydrogens is 340 g/mol. The van der Waals surface area contributed by atoms with Crippen LogP contribution in [-0.2, 0) is 13.1 Å². The Bertz CT molecular complexity index is 1070. The maximum Gasteiger partial charge on any atom is 0.275 e. The third-order valence-electron chi connectivity index (χ3n) is 5.30. The summed E-state index contributed by atoms with van der Waals surface area (Å²) in [5.74, 6) is -0.297. The molecule has 0 saturated heterocycles. The molecule has 0 saturated carbocycles. The van der Waals surface area contributed by atoms with E-state index in [1.54, 1.807) is 25.2 Å². The van der Waals surface area contributed by atoms with Crippen molar-refractivity contribution in [1.29, 1.82) is 0 Å². The molecule has 1 unspecified atom stereocenters. The lowest BCUT2D eigenvalue weighted by Crippen LogP contribution is -2.35. The van der Waals surface area contributed by atoms with E-state index in [1.807, 2.05) is 13.1 Å². The van der Waals surface area contributed by atoms with Gasteiger partial charge in [-0.3, -0.25) is 14.5 Å². The Morgan fingerprint density at radius 3 is 2.67 bits per heavy atom. The molecular formula is C21H22N4O2. The largest absolute Gasteiger partial charge is 0.354 e. The molecule has 1 atom stereocenters. The van der Waals surface area contributed by atoms with Crippen LogP contribution >= 0.6 is 0 Å². The number of rotatable bonds is 4. The van der Waals surface area contributed by atoms with Gasteiger partial charge < -0.3 is 5.32 Å². The Morgan fingerprint density at radius 1 is 1.19 bits per heavy atom. The van der Waals surface area contributed by atoms with Gasteiger partial charge in [-0.2, -0.15) is 5.10 Å². The fourth-order valence-corrected chi connectivity index (χ4v) is 3.92. The van der Waals surface area contributed by atoms with Gasteiger partial charge in [-0.05, 0) is 37.1 Å². The Morgan fingerprint density at radius 2 is 1.89 bits per heavy atom. The first-order valence-electron chi connectivity index (χ1n) is 9.10. The Labute approximate surface area is 157 Å². The van der Waals surface area contributed by atoms with E-state index in [9.17, 15) is 9.59 Å². The van der Waals surface area contributed by atoms with Crippen LogP contribution < -0.4 is 10.9 Å². The van der Waals surface area contributed by atoms with Gasteiger partial charge in [0.15, 0.2) is 5.69 Å². The molecule has 1 aliphatic rings. The first-order valence-corrected chi connectivity index (χ1v) is 9.10. The zero-order valence-electron chi connectivity index (χ0n) is 15.5. The number of nitrogens with one attached hydrogen (secondary N) is 1. The van der Waals surface area contributed by atoms with E-state index in [2.05, 4.69) is 39.6 Å².